The first-order valence-electron chi connectivity index (χ1n) is 4.76. The molecule has 0 saturated heterocycles. The molecule has 15 heavy (non-hydrogen) atoms. The second kappa shape index (κ2) is 7.42. The molecule has 0 aliphatic rings. The second-order valence-electron chi connectivity index (χ2n) is 2.82. The van der Waals surface area contributed by atoms with Crippen LogP contribution in [0.3, 0.4) is 0 Å². The molecule has 0 fully saturated rings. The zero-order valence-corrected chi connectivity index (χ0v) is 9.84. The van der Waals surface area contributed by atoms with E-state index in [9.17, 15) is 13.2 Å². The predicted molar refractivity (Wildman–Crippen MR) is 57.9 cm³/mol. The molecule has 0 bridgehead atoms. The van der Waals surface area contributed by atoms with Crippen LogP contribution in [0.1, 0.15) is 20.3 Å². The number of hydrogen-bond acceptors (Lipinski definition) is 4. The Labute approximate surface area is 90.6 Å². The van der Waals surface area contributed by atoms with Gasteiger partial charge in [-0.2, -0.15) is 0 Å². The SMILES string of the molecule is C/C=C/CCNS(=O)(=O)CC(=O)OCC. The van der Waals surface area contributed by atoms with Crippen LogP contribution in [-0.4, -0.2) is 33.3 Å². The summed E-state index contributed by atoms with van der Waals surface area (Å²) in [4.78, 5) is 10.9. The van der Waals surface area contributed by atoms with E-state index in [2.05, 4.69) is 9.46 Å². The molecular weight excluding hydrogens is 218 g/mol. The molecule has 0 unspecified atom stereocenters. The predicted octanol–water partition coefficient (Wildman–Crippen LogP) is 0.435. The lowest BCUT2D eigenvalue weighted by Crippen LogP contribution is -2.31. The van der Waals surface area contributed by atoms with Crippen LogP contribution in [0.2, 0.25) is 0 Å². The Morgan fingerprint density at radius 1 is 1.47 bits per heavy atom. The summed E-state index contributed by atoms with van der Waals surface area (Å²) in [6, 6.07) is 0. The van der Waals surface area contributed by atoms with E-state index in [0.717, 1.165) is 0 Å². The van der Waals surface area contributed by atoms with Crippen molar-refractivity contribution in [1.82, 2.24) is 4.72 Å². The number of rotatable bonds is 7. The highest BCUT2D eigenvalue weighted by atomic mass is 32.2. The van der Waals surface area contributed by atoms with Crippen LogP contribution in [0.25, 0.3) is 0 Å². The van der Waals surface area contributed by atoms with Gasteiger partial charge in [0.05, 0.1) is 6.61 Å². The fourth-order valence-electron chi connectivity index (χ4n) is 0.873. The molecule has 0 aromatic heterocycles. The van der Waals surface area contributed by atoms with Crippen LogP contribution >= 0.6 is 0 Å². The average Bonchev–Trinajstić information content (AvgIpc) is 2.12. The topological polar surface area (TPSA) is 72.5 Å². The maximum atomic E-state index is 11.2. The Balaban J connectivity index is 3.92. The minimum absolute atomic E-state index is 0.187. The van der Waals surface area contributed by atoms with Crippen molar-refractivity contribution in [2.24, 2.45) is 0 Å². The summed E-state index contributed by atoms with van der Waals surface area (Å²) in [5, 5.41) is 0. The van der Waals surface area contributed by atoms with E-state index >= 15 is 0 Å². The maximum Gasteiger partial charge on any atom is 0.322 e. The Kier molecular flexibility index (Phi) is 6.98. The van der Waals surface area contributed by atoms with E-state index in [1.54, 1.807) is 6.92 Å². The van der Waals surface area contributed by atoms with Crippen molar-refractivity contribution in [1.29, 1.82) is 0 Å². The molecule has 0 aliphatic heterocycles. The van der Waals surface area contributed by atoms with E-state index in [1.807, 2.05) is 19.1 Å². The summed E-state index contributed by atoms with van der Waals surface area (Å²) in [5.74, 6) is -1.34. The highest BCUT2D eigenvalue weighted by Gasteiger charge is 2.15. The lowest BCUT2D eigenvalue weighted by atomic mass is 10.4. The third kappa shape index (κ3) is 8.14. The molecule has 0 atom stereocenters. The smallest absolute Gasteiger partial charge is 0.322 e. The minimum atomic E-state index is -3.54. The minimum Gasteiger partial charge on any atom is -0.465 e. The molecule has 88 valence electrons. The Bertz CT molecular complexity index is 308. The number of carbonyl (C=O) groups excluding carboxylic acids is 1. The van der Waals surface area contributed by atoms with Gasteiger partial charge in [-0.3, -0.25) is 4.79 Å². The van der Waals surface area contributed by atoms with Crippen LogP contribution in [0.15, 0.2) is 12.2 Å². The van der Waals surface area contributed by atoms with Crippen molar-refractivity contribution >= 4 is 16.0 Å². The number of nitrogens with one attached hydrogen (secondary N) is 1. The van der Waals surface area contributed by atoms with Crippen LogP contribution in [-0.2, 0) is 19.6 Å². The van der Waals surface area contributed by atoms with Crippen molar-refractivity contribution in [2.75, 3.05) is 18.9 Å². The number of allylic oxidation sites excluding steroid dienone is 1. The van der Waals surface area contributed by atoms with Crippen molar-refractivity contribution in [3.63, 3.8) is 0 Å². The first-order chi connectivity index (χ1) is 7.02. The summed E-state index contributed by atoms with van der Waals surface area (Å²) < 4.78 is 29.3. The zero-order chi connectivity index (χ0) is 11.7. The van der Waals surface area contributed by atoms with Gasteiger partial charge in [0.2, 0.25) is 10.0 Å². The molecule has 0 aromatic carbocycles. The maximum absolute atomic E-state index is 11.2. The quantitative estimate of drug-likeness (QED) is 0.395. The van der Waals surface area contributed by atoms with E-state index in [4.69, 9.17) is 0 Å². The van der Waals surface area contributed by atoms with Gasteiger partial charge < -0.3 is 4.74 Å². The number of ether oxygens (including phenoxy) is 1. The second-order valence-corrected chi connectivity index (χ2v) is 4.62. The van der Waals surface area contributed by atoms with Gasteiger partial charge in [0.15, 0.2) is 5.75 Å². The molecular formula is C9H17NO4S. The molecule has 0 spiro atoms. The molecule has 6 heteroatoms. The molecule has 0 amide bonds. The van der Waals surface area contributed by atoms with Gasteiger partial charge in [-0.05, 0) is 20.3 Å². The van der Waals surface area contributed by atoms with E-state index in [0.29, 0.717) is 13.0 Å². The number of carbonyl (C=O) groups is 1. The monoisotopic (exact) mass is 235 g/mol. The molecule has 0 aliphatic carbocycles. The number of esters is 1. The molecule has 5 nitrogen and oxygen atoms in total. The third-order valence-electron chi connectivity index (χ3n) is 1.48. The first-order valence-corrected chi connectivity index (χ1v) is 6.41. The lowest BCUT2D eigenvalue weighted by Gasteiger charge is -2.04. The van der Waals surface area contributed by atoms with E-state index < -0.39 is 21.7 Å². The normalized spacial score (nSPS) is 11.9. The highest BCUT2D eigenvalue weighted by molar-refractivity contribution is 7.90. The summed E-state index contributed by atoms with van der Waals surface area (Å²) in [7, 11) is -3.54. The highest BCUT2D eigenvalue weighted by Crippen LogP contribution is 1.89. The fourth-order valence-corrected chi connectivity index (χ4v) is 1.80. The van der Waals surface area contributed by atoms with Gasteiger partial charge in [0.25, 0.3) is 0 Å². The third-order valence-corrected chi connectivity index (χ3v) is 2.74. The zero-order valence-electron chi connectivity index (χ0n) is 9.02. The van der Waals surface area contributed by atoms with E-state index in [1.165, 1.54) is 0 Å². The number of sulfonamides is 1. The van der Waals surface area contributed by atoms with Crippen molar-refractivity contribution in [3.8, 4) is 0 Å². The summed E-state index contributed by atoms with van der Waals surface area (Å²) in [5.41, 5.74) is 0. The average molecular weight is 235 g/mol. The van der Waals surface area contributed by atoms with Gasteiger partial charge in [-0.15, -0.1) is 0 Å². The van der Waals surface area contributed by atoms with Crippen molar-refractivity contribution < 1.29 is 17.9 Å². The van der Waals surface area contributed by atoms with Crippen LogP contribution in [0.4, 0.5) is 0 Å². The molecule has 0 rings (SSSR count). The lowest BCUT2D eigenvalue weighted by molar-refractivity contribution is -0.139. The van der Waals surface area contributed by atoms with Crippen molar-refractivity contribution in [3.05, 3.63) is 12.2 Å². The summed E-state index contributed by atoms with van der Waals surface area (Å²) >= 11 is 0. The Hall–Kier alpha value is -0.880. The molecule has 0 heterocycles. The van der Waals surface area contributed by atoms with Gasteiger partial charge in [0, 0.05) is 6.54 Å². The molecule has 1 N–H and O–H groups in total. The Morgan fingerprint density at radius 3 is 2.67 bits per heavy atom. The first kappa shape index (κ1) is 14.1. The fraction of sp³-hybridized carbons (Fsp3) is 0.667. The van der Waals surface area contributed by atoms with Crippen LogP contribution in [0, 0.1) is 0 Å². The molecule has 0 aromatic rings. The van der Waals surface area contributed by atoms with Crippen LogP contribution in [0.5, 0.6) is 0 Å². The Morgan fingerprint density at radius 2 is 2.13 bits per heavy atom. The van der Waals surface area contributed by atoms with E-state index in [-0.39, 0.29) is 6.61 Å². The van der Waals surface area contributed by atoms with Gasteiger partial charge >= 0.3 is 5.97 Å². The van der Waals surface area contributed by atoms with Gasteiger partial charge in [-0.1, -0.05) is 12.2 Å². The van der Waals surface area contributed by atoms with Gasteiger partial charge in [0.1, 0.15) is 0 Å². The molecule has 0 radical (unpaired) electrons. The molecule has 0 saturated carbocycles. The van der Waals surface area contributed by atoms with Crippen molar-refractivity contribution in [2.45, 2.75) is 20.3 Å². The number of hydrogen-bond donors (Lipinski definition) is 1. The van der Waals surface area contributed by atoms with Gasteiger partial charge in [-0.25, -0.2) is 13.1 Å². The summed E-state index contributed by atoms with van der Waals surface area (Å²) in [6.07, 6.45) is 4.28. The largest absolute Gasteiger partial charge is 0.465 e. The standard InChI is InChI=1S/C9H17NO4S/c1-3-5-6-7-10-15(12,13)8-9(11)14-4-2/h3,5,10H,4,6-8H2,1-2H3/b5-3+. The summed E-state index contributed by atoms with van der Waals surface area (Å²) in [6.45, 7) is 3.97. The van der Waals surface area contributed by atoms with Crippen LogP contribution < -0.4 is 4.72 Å².